The number of aromatic nitrogens is 3. The maximum Gasteiger partial charge on any atom is 0.258 e. The van der Waals surface area contributed by atoms with E-state index in [1.807, 2.05) is 6.92 Å². The normalized spacial score (nSPS) is 13.6. The zero-order valence-corrected chi connectivity index (χ0v) is 13.1. The van der Waals surface area contributed by atoms with E-state index in [1.165, 1.54) is 17.5 Å². The summed E-state index contributed by atoms with van der Waals surface area (Å²) in [5.74, 6) is 0. The molecule has 7 nitrogen and oxygen atoms in total. The van der Waals surface area contributed by atoms with E-state index in [4.69, 9.17) is 0 Å². The minimum absolute atomic E-state index is 0.0898. The average molecular weight is 315 g/mol. The fourth-order valence-corrected chi connectivity index (χ4v) is 3.95. The predicted molar refractivity (Wildman–Crippen MR) is 76.9 cm³/mol. The molecule has 0 radical (unpaired) electrons. The Hall–Kier alpha value is -1.29. The molecule has 0 saturated carbocycles. The van der Waals surface area contributed by atoms with Crippen LogP contribution in [-0.2, 0) is 16.6 Å². The van der Waals surface area contributed by atoms with Crippen molar-refractivity contribution in [2.24, 2.45) is 0 Å². The third-order valence-electron chi connectivity index (χ3n) is 2.66. The minimum atomic E-state index is -3.65. The van der Waals surface area contributed by atoms with E-state index in [1.54, 1.807) is 20.2 Å². The first-order valence-corrected chi connectivity index (χ1v) is 8.35. The summed E-state index contributed by atoms with van der Waals surface area (Å²) < 4.78 is 27.3. The Morgan fingerprint density at radius 2 is 2.20 bits per heavy atom. The van der Waals surface area contributed by atoms with Crippen molar-refractivity contribution in [3.8, 4) is 0 Å². The van der Waals surface area contributed by atoms with Gasteiger partial charge in [0.15, 0.2) is 5.03 Å². The van der Waals surface area contributed by atoms with Gasteiger partial charge in [0.1, 0.15) is 5.01 Å². The first-order valence-electron chi connectivity index (χ1n) is 6.05. The summed E-state index contributed by atoms with van der Waals surface area (Å²) >= 11 is 1.47. The summed E-state index contributed by atoms with van der Waals surface area (Å²) in [4.78, 5) is 5.24. The molecule has 0 fully saturated rings. The maximum atomic E-state index is 12.3. The minimum Gasteiger partial charge on any atom is -0.316 e. The van der Waals surface area contributed by atoms with Crippen LogP contribution in [0.1, 0.15) is 28.4 Å². The number of aryl methyl sites for hydroxylation is 1. The molecule has 2 rings (SSSR count). The summed E-state index contributed by atoms with van der Waals surface area (Å²) in [6.45, 7) is 4.13. The van der Waals surface area contributed by atoms with Crippen LogP contribution in [0.25, 0.3) is 0 Å². The second-order valence-corrected chi connectivity index (χ2v) is 7.32. The average Bonchev–Trinajstić information content (AvgIpc) is 2.98. The van der Waals surface area contributed by atoms with Crippen molar-refractivity contribution < 1.29 is 8.42 Å². The molecule has 2 aromatic rings. The number of H-pyrrole nitrogens is 1. The highest BCUT2D eigenvalue weighted by atomic mass is 32.2. The summed E-state index contributed by atoms with van der Waals surface area (Å²) in [5, 5.41) is 10.1. The maximum absolute atomic E-state index is 12.3. The number of thiazole rings is 1. The molecule has 2 aromatic heterocycles. The lowest BCUT2D eigenvalue weighted by Gasteiger charge is -2.11. The molecule has 3 N–H and O–H groups in total. The van der Waals surface area contributed by atoms with E-state index >= 15 is 0 Å². The van der Waals surface area contributed by atoms with E-state index in [-0.39, 0.29) is 11.1 Å². The van der Waals surface area contributed by atoms with Crippen LogP contribution in [-0.4, -0.2) is 30.6 Å². The quantitative estimate of drug-likeness (QED) is 0.736. The van der Waals surface area contributed by atoms with Gasteiger partial charge in [-0.3, -0.25) is 5.10 Å². The van der Waals surface area contributed by atoms with Gasteiger partial charge in [-0.15, -0.1) is 11.3 Å². The van der Waals surface area contributed by atoms with E-state index < -0.39 is 10.0 Å². The number of sulfonamides is 1. The molecule has 0 aliphatic heterocycles. The largest absolute Gasteiger partial charge is 0.316 e. The van der Waals surface area contributed by atoms with Gasteiger partial charge in [0, 0.05) is 23.2 Å². The van der Waals surface area contributed by atoms with Gasteiger partial charge in [0.2, 0.25) is 0 Å². The zero-order chi connectivity index (χ0) is 14.8. The Morgan fingerprint density at radius 3 is 2.80 bits per heavy atom. The lowest BCUT2D eigenvalue weighted by Crippen LogP contribution is -2.28. The van der Waals surface area contributed by atoms with Crippen LogP contribution < -0.4 is 10.0 Å². The third kappa shape index (κ3) is 3.23. The Morgan fingerprint density at radius 1 is 1.45 bits per heavy atom. The molecule has 2 heterocycles. The molecule has 0 bridgehead atoms. The highest BCUT2D eigenvalue weighted by molar-refractivity contribution is 7.89. The summed E-state index contributed by atoms with van der Waals surface area (Å²) in [5.41, 5.74) is 0.600. The molecule has 1 unspecified atom stereocenters. The van der Waals surface area contributed by atoms with E-state index in [2.05, 4.69) is 25.2 Å². The van der Waals surface area contributed by atoms with Gasteiger partial charge in [-0.2, -0.15) is 5.10 Å². The van der Waals surface area contributed by atoms with Gasteiger partial charge < -0.3 is 5.32 Å². The van der Waals surface area contributed by atoms with Crippen molar-refractivity contribution in [2.45, 2.75) is 31.5 Å². The molecule has 1 atom stereocenters. The number of aromatic amines is 1. The van der Waals surface area contributed by atoms with Crippen LogP contribution in [0.2, 0.25) is 0 Å². The van der Waals surface area contributed by atoms with Gasteiger partial charge in [-0.1, -0.05) is 0 Å². The van der Waals surface area contributed by atoms with Gasteiger partial charge in [-0.25, -0.2) is 18.1 Å². The summed E-state index contributed by atoms with van der Waals surface area (Å²) in [6.07, 6.45) is 3.23. The van der Waals surface area contributed by atoms with Gasteiger partial charge in [-0.05, 0) is 20.9 Å². The van der Waals surface area contributed by atoms with Crippen molar-refractivity contribution in [1.82, 2.24) is 25.2 Å². The van der Waals surface area contributed by atoms with Crippen LogP contribution >= 0.6 is 11.3 Å². The molecule has 0 amide bonds. The topological polar surface area (TPSA) is 99.8 Å². The molecule has 0 saturated heterocycles. The monoisotopic (exact) mass is 315 g/mol. The number of hydrogen-bond donors (Lipinski definition) is 3. The number of nitrogens with zero attached hydrogens (tertiary/aromatic N) is 2. The molecule has 0 aliphatic rings. The summed E-state index contributed by atoms with van der Waals surface area (Å²) in [7, 11) is -1.90. The van der Waals surface area contributed by atoms with Gasteiger partial charge in [0.05, 0.1) is 12.2 Å². The molecule has 20 heavy (non-hydrogen) atoms. The predicted octanol–water partition coefficient (Wildman–Crippen LogP) is 0.934. The highest BCUT2D eigenvalue weighted by Crippen LogP contribution is 2.21. The Balaban J connectivity index is 2.20. The van der Waals surface area contributed by atoms with Crippen molar-refractivity contribution in [3.05, 3.63) is 27.8 Å². The molecular weight excluding hydrogens is 298 g/mol. The smallest absolute Gasteiger partial charge is 0.258 e. The molecule has 0 spiro atoms. The second-order valence-electron chi connectivity index (χ2n) is 4.41. The Labute approximate surface area is 121 Å². The number of hydrogen-bond acceptors (Lipinski definition) is 6. The van der Waals surface area contributed by atoms with Crippen LogP contribution in [0.15, 0.2) is 17.4 Å². The molecule has 0 aliphatic carbocycles. The highest BCUT2D eigenvalue weighted by Gasteiger charge is 2.24. The lowest BCUT2D eigenvalue weighted by molar-refractivity contribution is 0.560. The molecule has 9 heteroatoms. The Bertz CT molecular complexity index is 677. The summed E-state index contributed by atoms with van der Waals surface area (Å²) in [6, 6.07) is -0.385. The standard InChI is InChI=1S/C11H17N5O2S2/c1-7-4-13-10(19-7)8(2)16-20(17,18)11-9(5-12-3)6-14-15-11/h4,6,8,12,16H,5H2,1-3H3,(H,14,15). The SMILES string of the molecule is CNCc1cn[nH]c1S(=O)(=O)NC(C)c1ncc(C)s1. The van der Waals surface area contributed by atoms with E-state index in [9.17, 15) is 8.42 Å². The van der Waals surface area contributed by atoms with Crippen LogP contribution in [0.3, 0.4) is 0 Å². The third-order valence-corrected chi connectivity index (χ3v) is 5.31. The molecule has 110 valence electrons. The van der Waals surface area contributed by atoms with Crippen LogP contribution in [0, 0.1) is 6.92 Å². The van der Waals surface area contributed by atoms with Crippen molar-refractivity contribution in [2.75, 3.05) is 7.05 Å². The molecular formula is C11H17N5O2S2. The zero-order valence-electron chi connectivity index (χ0n) is 11.5. The number of rotatable bonds is 6. The van der Waals surface area contributed by atoms with Crippen molar-refractivity contribution in [1.29, 1.82) is 0 Å². The lowest BCUT2D eigenvalue weighted by atomic mass is 10.4. The first-order chi connectivity index (χ1) is 9.44. The van der Waals surface area contributed by atoms with Gasteiger partial charge >= 0.3 is 0 Å². The fraction of sp³-hybridized carbons (Fsp3) is 0.455. The van der Waals surface area contributed by atoms with E-state index in [0.717, 1.165) is 9.88 Å². The first kappa shape index (κ1) is 15.1. The molecule has 0 aromatic carbocycles. The van der Waals surface area contributed by atoms with Crippen molar-refractivity contribution in [3.63, 3.8) is 0 Å². The van der Waals surface area contributed by atoms with Gasteiger partial charge in [0.25, 0.3) is 10.0 Å². The van der Waals surface area contributed by atoms with Crippen molar-refractivity contribution >= 4 is 21.4 Å². The Kier molecular flexibility index (Phi) is 4.53. The fourth-order valence-electron chi connectivity index (χ4n) is 1.76. The van der Waals surface area contributed by atoms with Crippen LogP contribution in [0.5, 0.6) is 0 Å². The van der Waals surface area contributed by atoms with Crippen LogP contribution in [0.4, 0.5) is 0 Å². The number of nitrogens with one attached hydrogen (secondary N) is 3. The second kappa shape index (κ2) is 6.00. The van der Waals surface area contributed by atoms with E-state index in [0.29, 0.717) is 12.1 Å².